The molecule has 10 heteroatoms. The van der Waals surface area contributed by atoms with Crippen LogP contribution in [0.15, 0.2) is 41.3 Å². The fourth-order valence-electron chi connectivity index (χ4n) is 4.37. The van der Waals surface area contributed by atoms with Crippen molar-refractivity contribution in [3.8, 4) is 0 Å². The van der Waals surface area contributed by atoms with E-state index in [1.54, 1.807) is 19.9 Å². The lowest BCUT2D eigenvalue weighted by atomic mass is 10.1. The van der Waals surface area contributed by atoms with Gasteiger partial charge in [-0.1, -0.05) is 6.42 Å². The molecule has 180 valence electrons. The fourth-order valence-corrected chi connectivity index (χ4v) is 6.37. The summed E-state index contributed by atoms with van der Waals surface area (Å²) in [7, 11) is -3.91. The molecule has 3 N–H and O–H groups in total. The zero-order valence-corrected chi connectivity index (χ0v) is 21.1. The van der Waals surface area contributed by atoms with Gasteiger partial charge in [0, 0.05) is 28.0 Å². The van der Waals surface area contributed by atoms with Crippen LogP contribution in [0.4, 0.5) is 11.6 Å². The largest absolute Gasteiger partial charge is 0.397 e. The molecule has 0 spiro atoms. The Morgan fingerprint density at radius 2 is 1.66 bits per heavy atom. The van der Waals surface area contributed by atoms with Gasteiger partial charge >= 0.3 is 0 Å². The molecule has 3 aromatic heterocycles. The molecular weight excluding hydrogens is 482 g/mol. The molecule has 0 fully saturated rings. The van der Waals surface area contributed by atoms with Gasteiger partial charge in [0.15, 0.2) is 0 Å². The lowest BCUT2D eigenvalue weighted by Gasteiger charge is -2.08. The number of pyridine rings is 1. The number of carbonyl (C=O) groups excluding carboxylic acids is 1. The van der Waals surface area contributed by atoms with Gasteiger partial charge in [-0.15, -0.1) is 11.3 Å². The maximum Gasteiger partial charge on any atom is 0.264 e. The third-order valence-corrected chi connectivity index (χ3v) is 8.55. The second kappa shape index (κ2) is 9.01. The molecule has 0 saturated heterocycles. The number of hydrogen-bond donors (Lipinski definition) is 2. The Labute approximate surface area is 207 Å². The Balaban J connectivity index is 1.42. The van der Waals surface area contributed by atoms with Crippen molar-refractivity contribution in [3.05, 3.63) is 69.5 Å². The van der Waals surface area contributed by atoms with Crippen molar-refractivity contribution in [1.82, 2.24) is 15.0 Å². The summed E-state index contributed by atoms with van der Waals surface area (Å²) in [6, 6.07) is 9.60. The number of sulfonamides is 1. The molecule has 0 atom stereocenters. The number of nitrogens with zero attached hydrogens (tertiary/aromatic N) is 3. The third kappa shape index (κ3) is 4.63. The molecule has 1 aromatic carbocycles. The first-order valence-corrected chi connectivity index (χ1v) is 13.7. The summed E-state index contributed by atoms with van der Waals surface area (Å²) in [4.78, 5) is 27.5. The quantitative estimate of drug-likeness (QED) is 0.299. The van der Waals surface area contributed by atoms with Gasteiger partial charge in [-0.3, -0.25) is 4.79 Å². The minimum Gasteiger partial charge on any atom is -0.397 e. The van der Waals surface area contributed by atoms with E-state index in [9.17, 15) is 13.2 Å². The molecule has 0 amide bonds. The van der Waals surface area contributed by atoms with E-state index in [1.807, 2.05) is 0 Å². The molecule has 5 rings (SSSR count). The lowest BCUT2D eigenvalue weighted by molar-refractivity contribution is 0.104. The summed E-state index contributed by atoms with van der Waals surface area (Å²) in [6.45, 7) is 3.53. The highest BCUT2D eigenvalue weighted by Crippen LogP contribution is 2.36. The number of nitrogens with two attached hydrogens (primary N) is 1. The smallest absolute Gasteiger partial charge is 0.264 e. The minimum atomic E-state index is -3.91. The normalized spacial score (nSPS) is 13.9. The van der Waals surface area contributed by atoms with Crippen LogP contribution >= 0.6 is 11.3 Å². The number of benzene rings is 1. The summed E-state index contributed by atoms with van der Waals surface area (Å²) in [5.41, 5.74) is 10.8. The van der Waals surface area contributed by atoms with E-state index in [-0.39, 0.29) is 16.6 Å². The molecule has 1 aliphatic carbocycles. The number of hydrogen-bond acceptors (Lipinski definition) is 8. The molecule has 0 aliphatic heterocycles. The predicted octanol–water partition coefficient (Wildman–Crippen LogP) is 4.59. The van der Waals surface area contributed by atoms with Crippen LogP contribution in [0, 0.1) is 13.8 Å². The predicted molar refractivity (Wildman–Crippen MR) is 137 cm³/mol. The van der Waals surface area contributed by atoms with E-state index in [0.29, 0.717) is 27.5 Å². The molecule has 4 aromatic rings. The van der Waals surface area contributed by atoms with E-state index in [1.165, 1.54) is 47.6 Å². The Bertz CT molecular complexity index is 1540. The van der Waals surface area contributed by atoms with Crippen molar-refractivity contribution in [2.24, 2.45) is 0 Å². The molecule has 35 heavy (non-hydrogen) atoms. The maximum absolute atomic E-state index is 13.3. The van der Waals surface area contributed by atoms with Gasteiger partial charge in [-0.05, 0) is 81.5 Å². The number of ketones is 1. The first-order valence-electron chi connectivity index (χ1n) is 11.4. The zero-order chi connectivity index (χ0) is 24.7. The van der Waals surface area contributed by atoms with Crippen LogP contribution < -0.4 is 10.5 Å². The van der Waals surface area contributed by atoms with Crippen LogP contribution in [0.5, 0.6) is 0 Å². The monoisotopic (exact) mass is 507 g/mol. The lowest BCUT2D eigenvalue weighted by Crippen LogP contribution is -2.16. The second-order valence-electron chi connectivity index (χ2n) is 8.79. The van der Waals surface area contributed by atoms with Gasteiger partial charge in [-0.25, -0.2) is 28.1 Å². The Morgan fingerprint density at radius 1 is 0.971 bits per heavy atom. The number of aryl methyl sites for hydroxylation is 4. The molecule has 8 nitrogen and oxygen atoms in total. The molecule has 1 aliphatic rings. The standard InChI is InChI=1S/C25H25N5O3S2/c1-14-12-15(2)28-25(27-14)30-35(32,33)18-10-8-16(9-11-18)22(31)23-21(26)19-13-17-6-4-3-5-7-20(17)29-24(19)34-23/h8-13H,3-7,26H2,1-2H3,(H,27,28,30). The van der Waals surface area contributed by atoms with Crippen molar-refractivity contribution in [1.29, 1.82) is 0 Å². The Hall–Kier alpha value is -3.37. The van der Waals surface area contributed by atoms with E-state index in [2.05, 4.69) is 20.8 Å². The topological polar surface area (TPSA) is 128 Å². The van der Waals surface area contributed by atoms with E-state index in [4.69, 9.17) is 10.7 Å². The van der Waals surface area contributed by atoms with Gasteiger partial charge in [0.25, 0.3) is 10.0 Å². The van der Waals surface area contributed by atoms with Gasteiger partial charge in [-0.2, -0.15) is 0 Å². The molecule has 3 heterocycles. The van der Waals surface area contributed by atoms with Crippen LogP contribution in [0.2, 0.25) is 0 Å². The van der Waals surface area contributed by atoms with Gasteiger partial charge in [0.05, 0.1) is 10.6 Å². The van der Waals surface area contributed by atoms with Crippen molar-refractivity contribution in [2.75, 3.05) is 10.5 Å². The number of fused-ring (bicyclic) bond motifs is 2. The van der Waals surface area contributed by atoms with Gasteiger partial charge in [0.2, 0.25) is 11.7 Å². The van der Waals surface area contributed by atoms with Gasteiger partial charge < -0.3 is 5.73 Å². The third-order valence-electron chi connectivity index (χ3n) is 6.09. The van der Waals surface area contributed by atoms with E-state index < -0.39 is 10.0 Å². The summed E-state index contributed by atoms with van der Waals surface area (Å²) >= 11 is 1.29. The van der Waals surface area contributed by atoms with Crippen LogP contribution in [0.25, 0.3) is 10.2 Å². The molecule has 0 radical (unpaired) electrons. The molecule has 0 bridgehead atoms. The highest BCUT2D eigenvalue weighted by atomic mass is 32.2. The summed E-state index contributed by atoms with van der Waals surface area (Å²) < 4.78 is 28.0. The Morgan fingerprint density at radius 3 is 2.37 bits per heavy atom. The highest BCUT2D eigenvalue weighted by molar-refractivity contribution is 7.92. The average molecular weight is 508 g/mol. The summed E-state index contributed by atoms with van der Waals surface area (Å²) in [5.74, 6) is -0.248. The van der Waals surface area contributed by atoms with E-state index in [0.717, 1.165) is 41.6 Å². The van der Waals surface area contributed by atoms with Crippen LogP contribution in [0.3, 0.4) is 0 Å². The number of thiophene rings is 1. The van der Waals surface area contributed by atoms with Crippen LogP contribution in [-0.4, -0.2) is 29.2 Å². The maximum atomic E-state index is 13.3. The number of nitrogens with one attached hydrogen (secondary N) is 1. The zero-order valence-electron chi connectivity index (χ0n) is 19.5. The van der Waals surface area contributed by atoms with E-state index >= 15 is 0 Å². The highest BCUT2D eigenvalue weighted by Gasteiger charge is 2.22. The molecule has 0 saturated carbocycles. The molecule has 0 unspecified atom stereocenters. The van der Waals surface area contributed by atoms with Crippen LogP contribution in [0.1, 0.15) is 57.1 Å². The van der Waals surface area contributed by atoms with Crippen molar-refractivity contribution < 1.29 is 13.2 Å². The van der Waals surface area contributed by atoms with Crippen molar-refractivity contribution in [3.63, 3.8) is 0 Å². The van der Waals surface area contributed by atoms with Crippen molar-refractivity contribution in [2.45, 2.75) is 50.8 Å². The van der Waals surface area contributed by atoms with Gasteiger partial charge in [0.1, 0.15) is 9.71 Å². The van der Waals surface area contributed by atoms with Crippen molar-refractivity contribution >= 4 is 49.0 Å². The second-order valence-corrected chi connectivity index (χ2v) is 11.5. The SMILES string of the molecule is Cc1cc(C)nc(NS(=O)(=O)c2ccc(C(=O)c3sc4nc5c(cc4c3N)CCCCC5)cc2)n1. The first kappa shape index (κ1) is 23.4. The number of anilines is 2. The summed E-state index contributed by atoms with van der Waals surface area (Å²) in [5, 5.41) is 0.816. The first-order chi connectivity index (χ1) is 16.7. The molecular formula is C25H25N5O3S2. The summed E-state index contributed by atoms with van der Waals surface area (Å²) in [6.07, 6.45) is 5.38. The van der Waals surface area contributed by atoms with Crippen LogP contribution in [-0.2, 0) is 22.9 Å². The number of nitrogen functional groups attached to an aromatic ring is 1. The number of carbonyl (C=O) groups is 1. The Kier molecular flexibility index (Phi) is 6.02. The number of rotatable bonds is 5. The minimum absolute atomic E-state index is 0.00605. The number of aromatic nitrogens is 3. The fraction of sp³-hybridized carbons (Fsp3) is 0.280. The average Bonchev–Trinajstić information content (AvgIpc) is 2.97.